The fourth-order valence-electron chi connectivity index (χ4n) is 2.58. The summed E-state index contributed by atoms with van der Waals surface area (Å²) in [7, 11) is 0. The molecule has 1 aromatic carbocycles. The van der Waals surface area contributed by atoms with Crippen LogP contribution in [-0.2, 0) is 9.59 Å². The Balaban J connectivity index is 2.15. The number of aryl methyl sites for hydroxylation is 2. The highest BCUT2D eigenvalue weighted by Gasteiger charge is 2.36. The summed E-state index contributed by atoms with van der Waals surface area (Å²) in [5.41, 5.74) is 9.41. The molecule has 1 aromatic rings. The topological polar surface area (TPSA) is 63.4 Å². The summed E-state index contributed by atoms with van der Waals surface area (Å²) in [6.07, 6.45) is 0.304. The maximum absolute atomic E-state index is 11.9. The van der Waals surface area contributed by atoms with Crippen LogP contribution < -0.4 is 5.73 Å². The van der Waals surface area contributed by atoms with Gasteiger partial charge in [0.05, 0.1) is 0 Å². The summed E-state index contributed by atoms with van der Waals surface area (Å²) >= 11 is 0. The minimum atomic E-state index is -0.321. The molecular formula is C15H20N2O2. The largest absolute Gasteiger partial charge is 0.322 e. The molecule has 2 N–H and O–H groups in total. The van der Waals surface area contributed by atoms with Crippen LogP contribution in [0.1, 0.15) is 36.1 Å². The third-order valence-electron chi connectivity index (χ3n) is 3.67. The van der Waals surface area contributed by atoms with Crippen LogP contribution >= 0.6 is 0 Å². The van der Waals surface area contributed by atoms with E-state index in [1.54, 1.807) is 6.92 Å². The molecule has 0 spiro atoms. The zero-order chi connectivity index (χ0) is 14.2. The van der Waals surface area contributed by atoms with Crippen LogP contribution in [-0.4, -0.2) is 23.3 Å². The average Bonchev–Trinajstić information content (AvgIpc) is 2.56. The molecule has 1 heterocycles. The van der Waals surface area contributed by atoms with Crippen LogP contribution in [0, 0.1) is 19.8 Å². The van der Waals surface area contributed by atoms with Gasteiger partial charge in [0.15, 0.2) is 0 Å². The molecule has 1 saturated heterocycles. The minimum absolute atomic E-state index is 0.106. The van der Waals surface area contributed by atoms with Gasteiger partial charge in [0.25, 0.3) is 0 Å². The number of nitrogens with zero attached hydrogens (tertiary/aromatic N) is 1. The summed E-state index contributed by atoms with van der Waals surface area (Å²) in [4.78, 5) is 24.9. The van der Waals surface area contributed by atoms with Crippen molar-refractivity contribution in [2.45, 2.75) is 33.2 Å². The van der Waals surface area contributed by atoms with Crippen molar-refractivity contribution in [2.75, 3.05) is 6.54 Å². The van der Waals surface area contributed by atoms with Crippen molar-refractivity contribution < 1.29 is 9.59 Å². The predicted molar refractivity (Wildman–Crippen MR) is 73.3 cm³/mol. The Hall–Kier alpha value is -1.68. The third-order valence-corrected chi connectivity index (χ3v) is 3.67. The Morgan fingerprint density at radius 2 is 2.05 bits per heavy atom. The first-order valence-electron chi connectivity index (χ1n) is 6.57. The zero-order valence-electron chi connectivity index (χ0n) is 11.6. The number of imide groups is 1. The second kappa shape index (κ2) is 5.13. The van der Waals surface area contributed by atoms with Crippen LogP contribution in [0.3, 0.4) is 0 Å². The Labute approximate surface area is 113 Å². The van der Waals surface area contributed by atoms with Gasteiger partial charge in [-0.05, 0) is 25.0 Å². The van der Waals surface area contributed by atoms with Gasteiger partial charge >= 0.3 is 0 Å². The van der Waals surface area contributed by atoms with Gasteiger partial charge in [0, 0.05) is 24.9 Å². The van der Waals surface area contributed by atoms with E-state index in [1.165, 1.54) is 10.5 Å². The molecule has 2 atom stereocenters. The van der Waals surface area contributed by atoms with Crippen molar-refractivity contribution in [3.63, 3.8) is 0 Å². The van der Waals surface area contributed by atoms with Crippen molar-refractivity contribution in [1.29, 1.82) is 0 Å². The number of likely N-dealkylation sites (tertiary alicyclic amines) is 1. The molecule has 0 saturated carbocycles. The van der Waals surface area contributed by atoms with Gasteiger partial charge in [-0.15, -0.1) is 0 Å². The molecule has 102 valence electrons. The summed E-state index contributed by atoms with van der Waals surface area (Å²) < 4.78 is 0. The van der Waals surface area contributed by atoms with Crippen LogP contribution in [0.4, 0.5) is 0 Å². The van der Waals surface area contributed by atoms with E-state index in [0.717, 1.165) is 11.1 Å². The number of hydrogen-bond donors (Lipinski definition) is 1. The lowest BCUT2D eigenvalue weighted by Crippen LogP contribution is -2.37. The van der Waals surface area contributed by atoms with E-state index in [2.05, 4.69) is 6.07 Å². The highest BCUT2D eigenvalue weighted by atomic mass is 16.2. The quantitative estimate of drug-likeness (QED) is 0.841. The molecule has 2 unspecified atom stereocenters. The molecule has 0 aliphatic carbocycles. The monoisotopic (exact) mass is 260 g/mol. The summed E-state index contributed by atoms with van der Waals surface area (Å²) in [6.45, 7) is 6.07. The van der Waals surface area contributed by atoms with Crippen LogP contribution in [0.2, 0.25) is 0 Å². The lowest BCUT2D eigenvalue weighted by atomic mass is 9.99. The first kappa shape index (κ1) is 13.7. The zero-order valence-corrected chi connectivity index (χ0v) is 11.6. The van der Waals surface area contributed by atoms with E-state index in [9.17, 15) is 9.59 Å². The standard InChI is InChI=1S/C15H20N2O2/c1-9-4-5-12(10(2)6-9)13(16)8-17-14(18)7-11(3)15(17)19/h4-6,11,13H,7-8,16H2,1-3H3. The van der Waals surface area contributed by atoms with Crippen molar-refractivity contribution in [3.05, 3.63) is 34.9 Å². The number of carbonyl (C=O) groups is 2. The second-order valence-electron chi connectivity index (χ2n) is 5.41. The van der Waals surface area contributed by atoms with Crippen LogP contribution in [0.25, 0.3) is 0 Å². The van der Waals surface area contributed by atoms with Gasteiger partial charge < -0.3 is 5.73 Å². The summed E-state index contributed by atoms with van der Waals surface area (Å²) in [5, 5.41) is 0. The van der Waals surface area contributed by atoms with E-state index in [1.807, 2.05) is 26.0 Å². The first-order chi connectivity index (χ1) is 8.90. The Bertz CT molecular complexity index is 525. The van der Waals surface area contributed by atoms with E-state index in [4.69, 9.17) is 5.73 Å². The molecule has 0 aromatic heterocycles. The molecule has 1 aliphatic heterocycles. The molecule has 0 bridgehead atoms. The molecular weight excluding hydrogens is 240 g/mol. The van der Waals surface area contributed by atoms with E-state index < -0.39 is 0 Å². The molecule has 19 heavy (non-hydrogen) atoms. The highest BCUT2D eigenvalue weighted by molar-refractivity contribution is 6.03. The summed E-state index contributed by atoms with van der Waals surface area (Å²) in [5.74, 6) is -0.429. The minimum Gasteiger partial charge on any atom is -0.322 e. The number of nitrogens with two attached hydrogens (primary N) is 1. The van der Waals surface area contributed by atoms with Crippen molar-refractivity contribution in [2.24, 2.45) is 11.7 Å². The maximum atomic E-state index is 11.9. The van der Waals surface area contributed by atoms with E-state index in [-0.39, 0.29) is 30.3 Å². The van der Waals surface area contributed by atoms with E-state index in [0.29, 0.717) is 6.42 Å². The average molecular weight is 260 g/mol. The normalized spacial score (nSPS) is 21.1. The van der Waals surface area contributed by atoms with Crippen molar-refractivity contribution >= 4 is 11.8 Å². The number of amides is 2. The van der Waals surface area contributed by atoms with Gasteiger partial charge in [0.1, 0.15) is 0 Å². The Kier molecular flexibility index (Phi) is 3.71. The lowest BCUT2D eigenvalue weighted by Gasteiger charge is -2.21. The van der Waals surface area contributed by atoms with Gasteiger partial charge in [-0.1, -0.05) is 30.7 Å². The van der Waals surface area contributed by atoms with E-state index >= 15 is 0 Å². The van der Waals surface area contributed by atoms with Gasteiger partial charge in [0.2, 0.25) is 11.8 Å². The first-order valence-corrected chi connectivity index (χ1v) is 6.57. The third kappa shape index (κ3) is 2.68. The Morgan fingerprint density at radius 1 is 1.37 bits per heavy atom. The number of carbonyl (C=O) groups excluding carboxylic acids is 2. The SMILES string of the molecule is Cc1ccc(C(N)CN2C(=O)CC(C)C2=O)c(C)c1. The molecule has 1 aliphatic rings. The van der Waals surface area contributed by atoms with Crippen LogP contribution in [0.5, 0.6) is 0 Å². The Morgan fingerprint density at radius 3 is 2.58 bits per heavy atom. The van der Waals surface area contributed by atoms with Gasteiger partial charge in [-0.2, -0.15) is 0 Å². The van der Waals surface area contributed by atoms with Gasteiger partial charge in [-0.3, -0.25) is 14.5 Å². The number of rotatable bonds is 3. The van der Waals surface area contributed by atoms with Crippen molar-refractivity contribution in [1.82, 2.24) is 4.90 Å². The molecule has 1 fully saturated rings. The molecule has 2 rings (SSSR count). The fourth-order valence-corrected chi connectivity index (χ4v) is 2.58. The van der Waals surface area contributed by atoms with Crippen molar-refractivity contribution in [3.8, 4) is 0 Å². The maximum Gasteiger partial charge on any atom is 0.232 e. The predicted octanol–water partition coefficient (Wildman–Crippen LogP) is 1.70. The fraction of sp³-hybridized carbons (Fsp3) is 0.467. The molecule has 2 amide bonds. The number of hydrogen-bond acceptors (Lipinski definition) is 3. The molecule has 0 radical (unpaired) electrons. The number of benzene rings is 1. The smallest absolute Gasteiger partial charge is 0.232 e. The van der Waals surface area contributed by atoms with Gasteiger partial charge in [-0.25, -0.2) is 0 Å². The van der Waals surface area contributed by atoms with Crippen LogP contribution in [0.15, 0.2) is 18.2 Å². The summed E-state index contributed by atoms with van der Waals surface area (Å²) in [6, 6.07) is 5.71. The highest BCUT2D eigenvalue weighted by Crippen LogP contribution is 2.23. The lowest BCUT2D eigenvalue weighted by molar-refractivity contribution is -0.139. The molecule has 4 heteroatoms. The second-order valence-corrected chi connectivity index (χ2v) is 5.41. The molecule has 4 nitrogen and oxygen atoms in total.